The molecule has 0 saturated carbocycles. The normalized spacial score (nSPS) is 26.2. The number of thiazole rings is 1. The molecule has 2 aromatic rings. The Labute approximate surface area is 143 Å². The molecule has 1 atom stereocenters. The molecule has 0 spiro atoms. The number of rotatable bonds is 4. The van der Waals surface area contributed by atoms with Crippen LogP contribution in [0.4, 0.5) is 0 Å². The molecule has 5 heterocycles. The van der Waals surface area contributed by atoms with Crippen LogP contribution >= 0.6 is 22.7 Å². The second kappa shape index (κ2) is 6.22. The van der Waals surface area contributed by atoms with Crippen molar-refractivity contribution in [1.82, 2.24) is 15.2 Å². The third-order valence-corrected chi connectivity index (χ3v) is 6.36. The zero-order chi connectivity index (χ0) is 15.8. The zero-order valence-electron chi connectivity index (χ0n) is 12.9. The summed E-state index contributed by atoms with van der Waals surface area (Å²) in [6.07, 6.45) is 2.40. The number of fused-ring (bicyclic) bond motifs is 3. The number of aryl methyl sites for hydroxylation is 1. The lowest BCUT2D eigenvalue weighted by atomic mass is 9.84. The SMILES string of the molecule is Cc1csc(Oc2ccc(C(=O)NC3CN4CCC3CC4)s2)n1. The fourth-order valence-electron chi connectivity index (χ4n) is 3.33. The minimum atomic E-state index is 0.0129. The summed E-state index contributed by atoms with van der Waals surface area (Å²) in [5, 5.41) is 6.48. The van der Waals surface area contributed by atoms with Crippen LogP contribution in [0.1, 0.15) is 28.2 Å². The van der Waals surface area contributed by atoms with Crippen LogP contribution in [0.15, 0.2) is 17.5 Å². The largest absolute Gasteiger partial charge is 0.420 e. The Morgan fingerprint density at radius 1 is 1.39 bits per heavy atom. The average Bonchev–Trinajstić information content (AvgIpc) is 3.18. The fourth-order valence-corrected chi connectivity index (χ4v) is 4.80. The lowest BCUT2D eigenvalue weighted by Crippen LogP contribution is -2.57. The molecule has 3 fully saturated rings. The third kappa shape index (κ3) is 3.27. The van der Waals surface area contributed by atoms with E-state index in [-0.39, 0.29) is 11.9 Å². The maximum absolute atomic E-state index is 12.5. The predicted octanol–water partition coefficient (Wildman–Crippen LogP) is 3.13. The van der Waals surface area contributed by atoms with E-state index in [1.54, 1.807) is 0 Å². The lowest BCUT2D eigenvalue weighted by Gasteiger charge is -2.44. The first-order valence-electron chi connectivity index (χ1n) is 7.90. The Balaban J connectivity index is 1.39. The van der Waals surface area contributed by atoms with Gasteiger partial charge in [0.2, 0.25) is 0 Å². The summed E-state index contributed by atoms with van der Waals surface area (Å²) in [6, 6.07) is 3.96. The standard InChI is InChI=1S/C16H19N3O2S2/c1-10-9-22-16(17-10)21-14-3-2-13(23-14)15(20)18-12-8-19-6-4-11(12)5-7-19/h2-3,9,11-12H,4-8H2,1H3,(H,18,20). The number of amides is 1. The summed E-state index contributed by atoms with van der Waals surface area (Å²) < 4.78 is 5.71. The fraction of sp³-hybridized carbons (Fsp3) is 0.500. The highest BCUT2D eigenvalue weighted by molar-refractivity contribution is 7.16. The highest BCUT2D eigenvalue weighted by Crippen LogP contribution is 2.32. The average molecular weight is 349 g/mol. The van der Waals surface area contributed by atoms with E-state index in [0.717, 1.165) is 12.2 Å². The molecule has 2 aromatic heterocycles. The highest BCUT2D eigenvalue weighted by Gasteiger charge is 2.35. The number of carbonyl (C=O) groups is 1. The van der Waals surface area contributed by atoms with Gasteiger partial charge in [-0.3, -0.25) is 4.79 Å². The van der Waals surface area contributed by atoms with Crippen LogP contribution in [0.25, 0.3) is 0 Å². The van der Waals surface area contributed by atoms with Crippen LogP contribution in [0.2, 0.25) is 0 Å². The summed E-state index contributed by atoms with van der Waals surface area (Å²) in [7, 11) is 0. The third-order valence-electron chi connectivity index (χ3n) is 4.56. The van der Waals surface area contributed by atoms with Crippen molar-refractivity contribution in [3.63, 3.8) is 0 Å². The van der Waals surface area contributed by atoms with Gasteiger partial charge in [-0.1, -0.05) is 22.7 Å². The zero-order valence-corrected chi connectivity index (χ0v) is 14.6. The molecule has 3 aliphatic heterocycles. The van der Waals surface area contributed by atoms with E-state index in [1.165, 1.54) is 48.6 Å². The molecule has 3 saturated heterocycles. The van der Waals surface area contributed by atoms with Gasteiger partial charge in [0.05, 0.1) is 10.6 Å². The molecular weight excluding hydrogens is 330 g/mol. The van der Waals surface area contributed by atoms with E-state index in [1.807, 2.05) is 24.4 Å². The molecule has 0 aliphatic carbocycles. The van der Waals surface area contributed by atoms with E-state index in [0.29, 0.717) is 21.1 Å². The number of aromatic nitrogens is 1. The molecule has 0 aromatic carbocycles. The van der Waals surface area contributed by atoms with Gasteiger partial charge in [-0.2, -0.15) is 0 Å². The van der Waals surface area contributed by atoms with Crippen molar-refractivity contribution in [2.24, 2.45) is 5.92 Å². The van der Waals surface area contributed by atoms with Gasteiger partial charge in [0.25, 0.3) is 11.1 Å². The molecule has 0 radical (unpaired) electrons. The van der Waals surface area contributed by atoms with Crippen molar-refractivity contribution in [3.05, 3.63) is 28.1 Å². The Kier molecular flexibility index (Phi) is 4.09. The molecule has 2 bridgehead atoms. The van der Waals surface area contributed by atoms with Gasteiger partial charge in [0, 0.05) is 18.0 Å². The van der Waals surface area contributed by atoms with Gasteiger partial charge < -0.3 is 15.0 Å². The van der Waals surface area contributed by atoms with Crippen LogP contribution in [0.3, 0.4) is 0 Å². The first-order valence-corrected chi connectivity index (χ1v) is 9.60. The molecule has 23 heavy (non-hydrogen) atoms. The topological polar surface area (TPSA) is 54.5 Å². The Morgan fingerprint density at radius 2 is 2.22 bits per heavy atom. The second-order valence-electron chi connectivity index (χ2n) is 6.19. The van der Waals surface area contributed by atoms with Crippen molar-refractivity contribution >= 4 is 28.6 Å². The minimum Gasteiger partial charge on any atom is -0.420 e. The highest BCUT2D eigenvalue weighted by atomic mass is 32.1. The number of piperidine rings is 3. The van der Waals surface area contributed by atoms with Gasteiger partial charge in [-0.25, -0.2) is 4.98 Å². The maximum Gasteiger partial charge on any atom is 0.279 e. The maximum atomic E-state index is 12.5. The monoisotopic (exact) mass is 349 g/mol. The quantitative estimate of drug-likeness (QED) is 0.921. The van der Waals surface area contributed by atoms with Crippen molar-refractivity contribution in [2.75, 3.05) is 19.6 Å². The molecule has 5 rings (SSSR count). The van der Waals surface area contributed by atoms with Crippen LogP contribution < -0.4 is 10.1 Å². The van der Waals surface area contributed by atoms with Gasteiger partial charge >= 0.3 is 0 Å². The van der Waals surface area contributed by atoms with E-state index < -0.39 is 0 Å². The Morgan fingerprint density at radius 3 is 2.87 bits per heavy atom. The molecule has 1 N–H and O–H groups in total. The molecular formula is C16H19N3O2S2. The van der Waals surface area contributed by atoms with Crippen molar-refractivity contribution < 1.29 is 9.53 Å². The van der Waals surface area contributed by atoms with Crippen molar-refractivity contribution in [2.45, 2.75) is 25.8 Å². The molecule has 3 aliphatic rings. The summed E-state index contributed by atoms with van der Waals surface area (Å²) in [6.45, 7) is 5.29. The van der Waals surface area contributed by atoms with Gasteiger partial charge in [-0.05, 0) is 50.9 Å². The summed E-state index contributed by atoms with van der Waals surface area (Å²) in [5.41, 5.74) is 0.946. The van der Waals surface area contributed by atoms with E-state index >= 15 is 0 Å². The lowest BCUT2D eigenvalue weighted by molar-refractivity contribution is 0.0622. The van der Waals surface area contributed by atoms with Crippen molar-refractivity contribution in [3.8, 4) is 10.3 Å². The first kappa shape index (κ1) is 15.1. The number of thiophene rings is 1. The number of hydrogen-bond acceptors (Lipinski definition) is 6. The van der Waals surface area contributed by atoms with Crippen LogP contribution in [-0.4, -0.2) is 41.5 Å². The van der Waals surface area contributed by atoms with Crippen molar-refractivity contribution in [1.29, 1.82) is 0 Å². The smallest absolute Gasteiger partial charge is 0.279 e. The van der Waals surface area contributed by atoms with E-state index in [9.17, 15) is 4.79 Å². The number of ether oxygens (including phenoxy) is 1. The summed E-state index contributed by atoms with van der Waals surface area (Å²) >= 11 is 2.84. The predicted molar refractivity (Wildman–Crippen MR) is 91.7 cm³/mol. The molecule has 1 unspecified atom stereocenters. The molecule has 7 heteroatoms. The summed E-state index contributed by atoms with van der Waals surface area (Å²) in [5.74, 6) is 0.650. The number of nitrogens with one attached hydrogen (secondary N) is 1. The van der Waals surface area contributed by atoms with Gasteiger partial charge in [-0.15, -0.1) is 0 Å². The second-order valence-corrected chi connectivity index (χ2v) is 8.06. The van der Waals surface area contributed by atoms with Crippen LogP contribution in [0, 0.1) is 12.8 Å². The number of carbonyl (C=O) groups excluding carboxylic acids is 1. The van der Waals surface area contributed by atoms with Crippen LogP contribution in [-0.2, 0) is 0 Å². The van der Waals surface area contributed by atoms with E-state index in [4.69, 9.17) is 4.74 Å². The Bertz CT molecular complexity index is 704. The minimum absolute atomic E-state index is 0.0129. The van der Waals surface area contributed by atoms with Gasteiger partial charge in [0.1, 0.15) is 0 Å². The molecule has 122 valence electrons. The Hall–Kier alpha value is -1.44. The number of hydrogen-bond donors (Lipinski definition) is 1. The van der Waals surface area contributed by atoms with E-state index in [2.05, 4.69) is 15.2 Å². The number of nitrogens with zero attached hydrogens (tertiary/aromatic N) is 2. The summed E-state index contributed by atoms with van der Waals surface area (Å²) in [4.78, 5) is 19.9. The molecule has 5 nitrogen and oxygen atoms in total. The van der Waals surface area contributed by atoms with Crippen LogP contribution in [0.5, 0.6) is 10.3 Å². The first-order chi connectivity index (χ1) is 11.2. The molecule has 1 amide bonds. The van der Waals surface area contributed by atoms with Gasteiger partial charge in [0.15, 0.2) is 5.06 Å².